The molecule has 8 heteroatoms. The number of hydrogen-bond acceptors (Lipinski definition) is 6. The van der Waals surface area contributed by atoms with E-state index in [0.29, 0.717) is 0 Å². The van der Waals surface area contributed by atoms with Gasteiger partial charge in [-0.05, 0) is 6.92 Å². The third-order valence-electron chi connectivity index (χ3n) is 2.68. The molecule has 0 fully saturated rings. The lowest BCUT2D eigenvalue weighted by atomic mass is 10.2. The van der Waals surface area contributed by atoms with Crippen LogP contribution < -0.4 is 5.32 Å². The molecule has 0 heterocycles. The highest BCUT2D eigenvalue weighted by Crippen LogP contribution is 2.06. The molecule has 0 radical (unpaired) electrons. The fourth-order valence-corrected chi connectivity index (χ4v) is 1.53. The van der Waals surface area contributed by atoms with Gasteiger partial charge in [-0.15, -0.1) is 0 Å². The number of alkyl carbamates (subject to hydrolysis) is 1. The Hall–Kier alpha value is -2.51. The predicted octanol–water partition coefficient (Wildman–Crippen LogP) is 1.47. The lowest BCUT2D eigenvalue weighted by Crippen LogP contribution is -2.46. The van der Waals surface area contributed by atoms with E-state index >= 15 is 0 Å². The van der Waals surface area contributed by atoms with E-state index in [4.69, 9.17) is 14.2 Å². The normalized spacial score (nSPS) is 10.9. The molecule has 0 bridgehead atoms. The van der Waals surface area contributed by atoms with Crippen LogP contribution in [0.15, 0.2) is 25.3 Å². The summed E-state index contributed by atoms with van der Waals surface area (Å²) in [4.78, 5) is 36.1. The van der Waals surface area contributed by atoms with Crippen LogP contribution in [0.25, 0.3) is 0 Å². The summed E-state index contributed by atoms with van der Waals surface area (Å²) < 4.78 is 14.5. The lowest BCUT2D eigenvalue weighted by Gasteiger charge is -2.26. The van der Waals surface area contributed by atoms with Crippen molar-refractivity contribution in [1.82, 2.24) is 10.2 Å². The molecule has 2 amide bonds. The summed E-state index contributed by atoms with van der Waals surface area (Å²) in [6.07, 6.45) is 1.45. The lowest BCUT2D eigenvalue weighted by molar-refractivity contribution is -0.144. The maximum Gasteiger partial charge on any atom is 0.410 e. The van der Waals surface area contributed by atoms with Crippen molar-refractivity contribution < 1.29 is 28.6 Å². The van der Waals surface area contributed by atoms with Gasteiger partial charge in [0.15, 0.2) is 0 Å². The van der Waals surface area contributed by atoms with Gasteiger partial charge in [-0.3, -0.25) is 4.79 Å². The Labute approximate surface area is 136 Å². The van der Waals surface area contributed by atoms with E-state index in [1.807, 2.05) is 0 Å². The van der Waals surface area contributed by atoms with Gasteiger partial charge in [0.2, 0.25) is 0 Å². The largest absolute Gasteiger partial charge is 0.466 e. The molecule has 0 aromatic rings. The summed E-state index contributed by atoms with van der Waals surface area (Å²) in [6, 6.07) is -0.636. The van der Waals surface area contributed by atoms with Crippen LogP contribution in [0.5, 0.6) is 0 Å². The van der Waals surface area contributed by atoms with Gasteiger partial charge < -0.3 is 24.4 Å². The highest BCUT2D eigenvalue weighted by molar-refractivity contribution is 5.73. The van der Waals surface area contributed by atoms with Crippen molar-refractivity contribution in [2.24, 2.45) is 0 Å². The summed E-state index contributed by atoms with van der Waals surface area (Å²) in [5, 5.41) is 2.47. The summed E-state index contributed by atoms with van der Waals surface area (Å²) in [6.45, 7) is 8.89. The standard InChI is InChI=1S/C15H24N2O6/c1-5-8-22-14(19)16-11-12(10-13(18)21-7-3)17(4)15(20)23-9-6-2/h5-6,12H,1-2,7-11H2,3-4H3,(H,16,19)/t12-/m0/s1. The van der Waals surface area contributed by atoms with E-state index in [-0.39, 0.29) is 32.8 Å². The Kier molecular flexibility index (Phi) is 10.8. The summed E-state index contributed by atoms with van der Waals surface area (Å²) >= 11 is 0. The molecule has 130 valence electrons. The minimum absolute atomic E-state index is 0.00841. The van der Waals surface area contributed by atoms with Crippen LogP contribution in [-0.2, 0) is 19.0 Å². The van der Waals surface area contributed by atoms with E-state index < -0.39 is 24.2 Å². The second-order valence-corrected chi connectivity index (χ2v) is 4.41. The number of esters is 1. The van der Waals surface area contributed by atoms with Crippen molar-refractivity contribution in [3.05, 3.63) is 25.3 Å². The Balaban J connectivity index is 4.68. The third-order valence-corrected chi connectivity index (χ3v) is 2.68. The zero-order chi connectivity index (χ0) is 17.7. The topological polar surface area (TPSA) is 94.2 Å². The molecule has 0 aromatic carbocycles. The molecule has 0 saturated carbocycles. The molecule has 0 aliphatic heterocycles. The number of likely N-dealkylation sites (N-methyl/N-ethyl adjacent to an activating group) is 1. The van der Waals surface area contributed by atoms with Crippen LogP contribution in [0.2, 0.25) is 0 Å². The average Bonchev–Trinajstić information content (AvgIpc) is 2.53. The van der Waals surface area contributed by atoms with Crippen molar-refractivity contribution >= 4 is 18.2 Å². The number of ether oxygens (including phenoxy) is 3. The molecule has 0 spiro atoms. The van der Waals surface area contributed by atoms with E-state index in [1.54, 1.807) is 6.92 Å². The number of carbonyl (C=O) groups excluding carboxylic acids is 3. The first kappa shape index (κ1) is 20.5. The molecule has 8 nitrogen and oxygen atoms in total. The van der Waals surface area contributed by atoms with Gasteiger partial charge in [-0.2, -0.15) is 0 Å². The first-order valence-electron chi connectivity index (χ1n) is 7.13. The molecular weight excluding hydrogens is 304 g/mol. The zero-order valence-corrected chi connectivity index (χ0v) is 13.6. The Morgan fingerprint density at radius 3 is 2.30 bits per heavy atom. The molecule has 0 unspecified atom stereocenters. The molecule has 1 N–H and O–H groups in total. The van der Waals surface area contributed by atoms with Crippen LogP contribution in [-0.4, -0.2) is 62.5 Å². The monoisotopic (exact) mass is 328 g/mol. The van der Waals surface area contributed by atoms with Gasteiger partial charge in [-0.1, -0.05) is 25.3 Å². The second-order valence-electron chi connectivity index (χ2n) is 4.41. The van der Waals surface area contributed by atoms with Crippen LogP contribution >= 0.6 is 0 Å². The molecule has 0 aliphatic carbocycles. The Morgan fingerprint density at radius 1 is 1.13 bits per heavy atom. The fourth-order valence-electron chi connectivity index (χ4n) is 1.53. The molecule has 0 aromatic heterocycles. The summed E-state index contributed by atoms with van der Waals surface area (Å²) in [5.74, 6) is -0.484. The molecule has 0 rings (SSSR count). The Bertz CT molecular complexity index is 424. The van der Waals surface area contributed by atoms with Crippen molar-refractivity contribution in [1.29, 1.82) is 0 Å². The van der Waals surface area contributed by atoms with Gasteiger partial charge in [0.25, 0.3) is 0 Å². The maximum absolute atomic E-state index is 11.8. The van der Waals surface area contributed by atoms with Crippen molar-refractivity contribution in [3.8, 4) is 0 Å². The van der Waals surface area contributed by atoms with Crippen molar-refractivity contribution in [2.75, 3.05) is 33.4 Å². The quantitative estimate of drug-likeness (QED) is 0.371. The molecule has 23 heavy (non-hydrogen) atoms. The smallest absolute Gasteiger partial charge is 0.410 e. The molecular formula is C15H24N2O6. The summed E-state index contributed by atoms with van der Waals surface area (Å²) in [7, 11) is 1.46. The van der Waals surface area contributed by atoms with Crippen molar-refractivity contribution in [2.45, 2.75) is 19.4 Å². The number of hydrogen-bond donors (Lipinski definition) is 1. The first-order valence-corrected chi connectivity index (χ1v) is 7.13. The number of rotatable bonds is 10. The van der Waals surface area contributed by atoms with Gasteiger partial charge in [0.1, 0.15) is 13.2 Å². The van der Waals surface area contributed by atoms with E-state index in [0.717, 1.165) is 0 Å². The number of nitrogens with one attached hydrogen (secondary N) is 1. The number of amides is 2. The minimum atomic E-state index is -0.674. The fraction of sp³-hybridized carbons (Fsp3) is 0.533. The van der Waals surface area contributed by atoms with Gasteiger partial charge >= 0.3 is 18.2 Å². The van der Waals surface area contributed by atoms with E-state index in [9.17, 15) is 14.4 Å². The van der Waals surface area contributed by atoms with Crippen LogP contribution in [0.3, 0.4) is 0 Å². The third kappa shape index (κ3) is 9.18. The second kappa shape index (κ2) is 12.1. The molecule has 0 aliphatic rings. The predicted molar refractivity (Wildman–Crippen MR) is 83.9 cm³/mol. The van der Waals surface area contributed by atoms with E-state index in [2.05, 4.69) is 18.5 Å². The van der Waals surface area contributed by atoms with Gasteiger partial charge in [0, 0.05) is 13.6 Å². The summed E-state index contributed by atoms with van der Waals surface area (Å²) in [5.41, 5.74) is 0. The van der Waals surface area contributed by atoms with Crippen LogP contribution in [0.1, 0.15) is 13.3 Å². The van der Waals surface area contributed by atoms with Crippen molar-refractivity contribution in [3.63, 3.8) is 0 Å². The molecule has 0 saturated heterocycles. The Morgan fingerprint density at radius 2 is 1.74 bits per heavy atom. The van der Waals surface area contributed by atoms with Crippen LogP contribution in [0, 0.1) is 0 Å². The SMILES string of the molecule is C=CCOC(=O)NC[C@H](CC(=O)OCC)N(C)C(=O)OCC=C. The number of nitrogens with zero attached hydrogens (tertiary/aromatic N) is 1. The number of carbonyl (C=O) groups is 3. The highest BCUT2D eigenvalue weighted by atomic mass is 16.6. The average molecular weight is 328 g/mol. The van der Waals surface area contributed by atoms with Gasteiger partial charge in [-0.25, -0.2) is 9.59 Å². The van der Waals surface area contributed by atoms with Gasteiger partial charge in [0.05, 0.1) is 19.1 Å². The maximum atomic E-state index is 11.8. The minimum Gasteiger partial charge on any atom is -0.466 e. The molecule has 1 atom stereocenters. The zero-order valence-electron chi connectivity index (χ0n) is 13.6. The van der Waals surface area contributed by atoms with E-state index in [1.165, 1.54) is 24.1 Å². The highest BCUT2D eigenvalue weighted by Gasteiger charge is 2.25. The first-order chi connectivity index (χ1) is 11.0. The van der Waals surface area contributed by atoms with Crippen LogP contribution in [0.4, 0.5) is 9.59 Å².